The highest BCUT2D eigenvalue weighted by molar-refractivity contribution is 7.18. The molecule has 3 heterocycles. The Labute approximate surface area is 157 Å². The maximum absolute atomic E-state index is 12.6. The summed E-state index contributed by atoms with van der Waals surface area (Å²) in [5.74, 6) is 0.120. The topological polar surface area (TPSA) is 89.6 Å². The van der Waals surface area contributed by atoms with Gasteiger partial charge in [-0.2, -0.15) is 0 Å². The number of benzene rings is 1. The first kappa shape index (κ1) is 16.7. The van der Waals surface area contributed by atoms with E-state index in [9.17, 15) is 4.79 Å². The molecule has 0 saturated heterocycles. The zero-order valence-electron chi connectivity index (χ0n) is 13.6. The van der Waals surface area contributed by atoms with Gasteiger partial charge in [0.2, 0.25) is 18.4 Å². The fourth-order valence-electron chi connectivity index (χ4n) is 2.53. The molecule has 1 unspecified atom stereocenters. The molecule has 0 aliphatic carbocycles. The number of hydrogen-bond acceptors (Lipinski definition) is 7. The van der Waals surface area contributed by atoms with Crippen LogP contribution in [0.4, 0.5) is 5.69 Å². The molecule has 1 aliphatic rings. The van der Waals surface area contributed by atoms with E-state index >= 15 is 0 Å². The van der Waals surface area contributed by atoms with Crippen LogP contribution in [0.5, 0.6) is 0 Å². The molecule has 0 bridgehead atoms. The van der Waals surface area contributed by atoms with Crippen molar-refractivity contribution < 1.29 is 14.0 Å². The number of aromatic nitrogens is 2. The summed E-state index contributed by atoms with van der Waals surface area (Å²) in [5, 5.41) is 14.4. The van der Waals surface area contributed by atoms with E-state index in [1.54, 1.807) is 12.1 Å². The fraction of sp³-hybridized carbons (Fsp3) is 0.176. The lowest BCUT2D eigenvalue weighted by molar-refractivity contribution is -0.125. The normalized spacial score (nSPS) is 16.2. The van der Waals surface area contributed by atoms with Crippen molar-refractivity contribution in [3.63, 3.8) is 0 Å². The first-order valence-corrected chi connectivity index (χ1v) is 8.96. The Morgan fingerprint density at radius 1 is 1.35 bits per heavy atom. The zero-order valence-corrected chi connectivity index (χ0v) is 15.2. The maximum atomic E-state index is 12.6. The molecule has 0 spiro atoms. The number of nitrogens with one attached hydrogen (secondary N) is 1. The number of amides is 1. The Kier molecular flexibility index (Phi) is 4.44. The minimum absolute atomic E-state index is 0.266. The van der Waals surface area contributed by atoms with Gasteiger partial charge in [-0.05, 0) is 36.8 Å². The van der Waals surface area contributed by atoms with Crippen LogP contribution in [0.2, 0.25) is 4.34 Å². The highest BCUT2D eigenvalue weighted by Gasteiger charge is 2.30. The van der Waals surface area contributed by atoms with Crippen LogP contribution in [0.3, 0.4) is 0 Å². The number of aryl methyl sites for hydroxylation is 1. The van der Waals surface area contributed by atoms with Gasteiger partial charge < -0.3 is 14.6 Å². The molecule has 7 nitrogen and oxygen atoms in total. The monoisotopic (exact) mass is 388 g/mol. The van der Waals surface area contributed by atoms with Crippen molar-refractivity contribution in [3.05, 3.63) is 51.5 Å². The van der Waals surface area contributed by atoms with Gasteiger partial charge in [0.05, 0.1) is 9.21 Å². The van der Waals surface area contributed by atoms with E-state index in [4.69, 9.17) is 20.9 Å². The maximum Gasteiger partial charge on any atom is 0.268 e. The van der Waals surface area contributed by atoms with Crippen molar-refractivity contribution in [3.8, 4) is 11.5 Å². The Morgan fingerprint density at radius 3 is 2.96 bits per heavy atom. The zero-order chi connectivity index (χ0) is 18.1. The first-order valence-electron chi connectivity index (χ1n) is 7.76. The third kappa shape index (κ3) is 3.33. The summed E-state index contributed by atoms with van der Waals surface area (Å²) in [6, 6.07) is 9.18. The van der Waals surface area contributed by atoms with Gasteiger partial charge in [0.15, 0.2) is 0 Å². The van der Waals surface area contributed by atoms with E-state index in [-0.39, 0.29) is 5.91 Å². The Bertz CT molecular complexity index is 984. The third-order valence-electron chi connectivity index (χ3n) is 3.92. The van der Waals surface area contributed by atoms with Gasteiger partial charge in [0.25, 0.3) is 5.91 Å². The van der Waals surface area contributed by atoms with Crippen LogP contribution in [-0.2, 0) is 9.63 Å². The van der Waals surface area contributed by atoms with Gasteiger partial charge in [0, 0.05) is 17.7 Å². The highest BCUT2D eigenvalue weighted by Crippen LogP contribution is 2.28. The molecule has 132 valence electrons. The molecule has 0 saturated carbocycles. The molecule has 3 aromatic rings. The lowest BCUT2D eigenvalue weighted by Gasteiger charge is -2.12. The average molecular weight is 389 g/mol. The first-order chi connectivity index (χ1) is 12.6. The van der Waals surface area contributed by atoms with E-state index in [2.05, 4.69) is 20.7 Å². The second-order valence-corrected chi connectivity index (χ2v) is 7.42. The molecule has 0 fully saturated rings. The Balaban J connectivity index is 1.46. The minimum atomic E-state index is -0.683. The van der Waals surface area contributed by atoms with Gasteiger partial charge in [0.1, 0.15) is 5.71 Å². The molecular weight excluding hydrogens is 376 g/mol. The van der Waals surface area contributed by atoms with Crippen LogP contribution in [0, 0.1) is 6.92 Å². The summed E-state index contributed by atoms with van der Waals surface area (Å²) in [6.45, 7) is 1.90. The molecule has 4 rings (SSSR count). The number of carbonyl (C=O) groups excluding carboxylic acids is 1. The van der Waals surface area contributed by atoms with Crippen molar-refractivity contribution in [2.24, 2.45) is 5.16 Å². The predicted octanol–water partition coefficient (Wildman–Crippen LogP) is 3.89. The summed E-state index contributed by atoms with van der Waals surface area (Å²) in [7, 11) is 0. The summed E-state index contributed by atoms with van der Waals surface area (Å²) >= 11 is 7.35. The predicted molar refractivity (Wildman–Crippen MR) is 98.5 cm³/mol. The summed E-state index contributed by atoms with van der Waals surface area (Å²) in [6.07, 6.45) is 0.970. The van der Waals surface area contributed by atoms with Crippen molar-refractivity contribution in [2.75, 3.05) is 5.32 Å². The van der Waals surface area contributed by atoms with Crippen LogP contribution < -0.4 is 5.32 Å². The summed E-state index contributed by atoms with van der Waals surface area (Å²) < 4.78 is 5.87. The van der Waals surface area contributed by atoms with Gasteiger partial charge in [-0.1, -0.05) is 22.8 Å². The van der Waals surface area contributed by atoms with E-state index in [0.717, 1.165) is 21.7 Å². The van der Waals surface area contributed by atoms with Crippen LogP contribution in [0.1, 0.15) is 16.9 Å². The molecule has 1 N–H and O–H groups in total. The second kappa shape index (κ2) is 6.89. The molecule has 1 amide bonds. The standard InChI is InChI=1S/C17H13ClN4O3S/c1-9-2-3-10(17-21-19-8-24-17)6-11(9)20-16(23)13-7-12(22-25-13)14-4-5-15(18)26-14/h2-6,8,13H,7H2,1H3,(H,20,23). The summed E-state index contributed by atoms with van der Waals surface area (Å²) in [5.41, 5.74) is 3.01. The number of hydrogen-bond donors (Lipinski definition) is 1. The average Bonchev–Trinajstić information content (AvgIpc) is 3.37. The molecule has 1 aromatic carbocycles. The number of nitrogens with zero attached hydrogens (tertiary/aromatic N) is 3. The molecule has 1 aliphatic heterocycles. The van der Waals surface area contributed by atoms with E-state index in [0.29, 0.717) is 22.3 Å². The van der Waals surface area contributed by atoms with Crippen molar-refractivity contribution >= 4 is 40.2 Å². The third-order valence-corrected chi connectivity index (χ3v) is 5.20. The van der Waals surface area contributed by atoms with Crippen LogP contribution in [-0.4, -0.2) is 27.9 Å². The number of oxime groups is 1. The van der Waals surface area contributed by atoms with Crippen LogP contribution in [0.15, 0.2) is 46.3 Å². The molecule has 26 heavy (non-hydrogen) atoms. The SMILES string of the molecule is Cc1ccc(-c2nnco2)cc1NC(=O)C1CC(c2ccc(Cl)s2)=NO1. The molecule has 9 heteroatoms. The van der Waals surface area contributed by atoms with E-state index in [1.165, 1.54) is 17.7 Å². The van der Waals surface area contributed by atoms with Crippen LogP contribution in [0.25, 0.3) is 11.5 Å². The van der Waals surface area contributed by atoms with E-state index < -0.39 is 6.10 Å². The number of thiophene rings is 1. The van der Waals surface area contributed by atoms with Crippen LogP contribution >= 0.6 is 22.9 Å². The highest BCUT2D eigenvalue weighted by atomic mass is 35.5. The lowest BCUT2D eigenvalue weighted by Crippen LogP contribution is -2.28. The van der Waals surface area contributed by atoms with Gasteiger partial charge in [-0.25, -0.2) is 0 Å². The van der Waals surface area contributed by atoms with Gasteiger partial charge in [-0.15, -0.1) is 21.5 Å². The number of carbonyl (C=O) groups is 1. The van der Waals surface area contributed by atoms with Gasteiger partial charge in [-0.3, -0.25) is 4.79 Å². The largest absolute Gasteiger partial charge is 0.423 e. The summed E-state index contributed by atoms with van der Waals surface area (Å²) in [4.78, 5) is 18.8. The number of halogens is 1. The minimum Gasteiger partial charge on any atom is -0.423 e. The Hall–Kier alpha value is -2.71. The lowest BCUT2D eigenvalue weighted by atomic mass is 10.1. The molecule has 2 aromatic heterocycles. The van der Waals surface area contributed by atoms with Crippen molar-refractivity contribution in [1.29, 1.82) is 0 Å². The molecule has 0 radical (unpaired) electrons. The number of rotatable bonds is 4. The van der Waals surface area contributed by atoms with Crippen molar-refractivity contribution in [2.45, 2.75) is 19.4 Å². The number of anilines is 1. The molecular formula is C17H13ClN4O3S. The second-order valence-electron chi connectivity index (χ2n) is 5.70. The quantitative estimate of drug-likeness (QED) is 0.732. The van der Waals surface area contributed by atoms with Gasteiger partial charge >= 0.3 is 0 Å². The molecule has 1 atom stereocenters. The Morgan fingerprint density at radius 2 is 2.23 bits per heavy atom. The van der Waals surface area contributed by atoms with E-state index in [1.807, 2.05) is 25.1 Å². The van der Waals surface area contributed by atoms with Crippen molar-refractivity contribution in [1.82, 2.24) is 10.2 Å². The smallest absolute Gasteiger partial charge is 0.268 e. The fourth-order valence-corrected chi connectivity index (χ4v) is 3.57.